The van der Waals surface area contributed by atoms with Gasteiger partial charge in [-0.25, -0.2) is 0 Å². The highest BCUT2D eigenvalue weighted by Crippen LogP contribution is 2.41. The number of nitrogens with zero attached hydrogens (tertiary/aromatic N) is 6. The molecule has 2 saturated heterocycles. The maximum absolute atomic E-state index is 13.8. The molecule has 5 heterocycles. The van der Waals surface area contributed by atoms with Gasteiger partial charge in [-0.3, -0.25) is 29.5 Å². The Labute approximate surface area is 414 Å². The molecule has 69 heavy (non-hydrogen) atoms. The van der Waals surface area contributed by atoms with Crippen molar-refractivity contribution in [1.29, 1.82) is 0 Å². The minimum atomic E-state index is -0.109. The number of fused-ring (bicyclic) bond motifs is 4. The maximum atomic E-state index is 13.8. The van der Waals surface area contributed by atoms with Crippen molar-refractivity contribution >= 4 is 57.2 Å². The first kappa shape index (κ1) is 51.7. The monoisotopic (exact) mass is 986 g/mol. The van der Waals surface area contributed by atoms with Crippen LogP contribution in [-0.2, 0) is 27.4 Å². The number of aliphatic imine (C=N–C) groups is 2. The van der Waals surface area contributed by atoms with Gasteiger partial charge in [0.2, 0.25) is 0 Å². The summed E-state index contributed by atoms with van der Waals surface area (Å²) in [5.41, 5.74) is 5.50. The summed E-state index contributed by atoms with van der Waals surface area (Å²) in [4.78, 5) is 48.0. The Morgan fingerprint density at radius 2 is 1.19 bits per heavy atom. The lowest BCUT2D eigenvalue weighted by Crippen LogP contribution is -2.40. The Kier molecular flexibility index (Phi) is 18.5. The van der Waals surface area contributed by atoms with Gasteiger partial charge in [-0.15, -0.1) is 0 Å². The zero-order chi connectivity index (χ0) is 48.9. The Bertz CT molecular complexity index is 2270. The highest BCUT2D eigenvalue weighted by molar-refractivity contribution is 8.77. The van der Waals surface area contributed by atoms with Crippen LogP contribution in [0.2, 0.25) is 0 Å². The Balaban J connectivity index is 1.10. The first-order chi connectivity index (χ1) is 33.5. The van der Waals surface area contributed by atoms with Crippen LogP contribution >= 0.6 is 21.6 Å². The number of hydrogen-bond donors (Lipinski definition) is 0. The number of ether oxygens (including phenoxy) is 8. The quantitative estimate of drug-likeness (QED) is 0.0455. The molecule has 18 heteroatoms. The van der Waals surface area contributed by atoms with Crippen LogP contribution in [0.25, 0.3) is 0 Å². The number of carbonyl (C=O) groups excluding carboxylic acids is 2. The second-order valence-electron chi connectivity index (χ2n) is 17.6. The largest absolute Gasteiger partial charge is 0.493 e. The third-order valence-corrected chi connectivity index (χ3v) is 14.8. The lowest BCUT2D eigenvalue weighted by atomic mass is 10.1. The van der Waals surface area contributed by atoms with Crippen LogP contribution in [0.15, 0.2) is 69.7 Å². The fourth-order valence-corrected chi connectivity index (χ4v) is 10.9. The van der Waals surface area contributed by atoms with Crippen molar-refractivity contribution in [2.24, 2.45) is 9.98 Å². The molecule has 1 aromatic heterocycles. The standard InChI is InChI=1S/C51H66N6O10S2/c1-9-34-19-38-27-52-43-25-47(45(61-6)23-41(43)49(58)56(38)29-34)66-31-36-21-40(65-14-12-55(33-51(3,4)69-68-8)11-13-63-17-18-64-16-15-60-5)22-37(54-36)32-67-48-26-44-42(24-46(48)62-7)50(59)57-30-35(10-2)20-39(57)28-53-44/h9-10,21-28,38-39H,11-20,29-33H2,1-8H3/t38-,39-/m0/s1. The number of amides is 2. The highest BCUT2D eigenvalue weighted by Gasteiger charge is 2.36. The van der Waals surface area contributed by atoms with Crippen molar-refractivity contribution in [3.8, 4) is 28.7 Å². The van der Waals surface area contributed by atoms with Crippen molar-refractivity contribution in [2.75, 3.05) is 100.0 Å². The molecule has 0 radical (unpaired) electrons. The molecule has 3 aromatic rings. The van der Waals surface area contributed by atoms with Gasteiger partial charge in [0.15, 0.2) is 23.0 Å². The lowest BCUT2D eigenvalue weighted by molar-refractivity contribution is 0.0184. The second kappa shape index (κ2) is 24.6. The summed E-state index contributed by atoms with van der Waals surface area (Å²) >= 11 is 0. The van der Waals surface area contributed by atoms with Gasteiger partial charge in [0.1, 0.15) is 25.6 Å². The smallest absolute Gasteiger partial charge is 0.257 e. The molecule has 0 bridgehead atoms. The van der Waals surface area contributed by atoms with Crippen molar-refractivity contribution in [2.45, 2.75) is 70.6 Å². The molecule has 0 spiro atoms. The molecule has 372 valence electrons. The van der Waals surface area contributed by atoms with E-state index in [1.54, 1.807) is 56.4 Å². The summed E-state index contributed by atoms with van der Waals surface area (Å²) < 4.78 is 47.5. The van der Waals surface area contributed by atoms with Crippen LogP contribution in [0.4, 0.5) is 11.4 Å². The molecule has 2 aromatic carbocycles. The average molecular weight is 987 g/mol. The minimum absolute atomic E-state index is 0.0155. The summed E-state index contributed by atoms with van der Waals surface area (Å²) in [6, 6.07) is 10.4. The highest BCUT2D eigenvalue weighted by atomic mass is 33.1. The Morgan fingerprint density at radius 1 is 0.681 bits per heavy atom. The molecule has 0 saturated carbocycles. The second-order valence-corrected chi connectivity index (χ2v) is 20.7. The van der Waals surface area contributed by atoms with Gasteiger partial charge < -0.3 is 47.7 Å². The number of pyridine rings is 1. The summed E-state index contributed by atoms with van der Waals surface area (Å²) in [6.45, 7) is 14.9. The molecular weight excluding hydrogens is 921 g/mol. The predicted octanol–water partition coefficient (Wildman–Crippen LogP) is 8.16. The zero-order valence-electron chi connectivity index (χ0n) is 41.1. The van der Waals surface area contributed by atoms with E-state index in [9.17, 15) is 9.59 Å². The van der Waals surface area contributed by atoms with Gasteiger partial charge in [0.25, 0.3) is 11.8 Å². The molecule has 16 nitrogen and oxygen atoms in total. The molecule has 7 rings (SSSR count). The SMILES string of the molecule is CC=C1C[C@H]2C=Nc3cc(OCc4cc(OCCN(CCOCCOCCOC)CC(C)(C)SSC)cc(COc5cc6c(cc5OC)C(=O)N5CC(=CC)C[C@H]5C=N6)n4)c(OC)cc3C(=O)N2C1. The van der Waals surface area contributed by atoms with E-state index in [0.29, 0.717) is 122 Å². The molecule has 2 fully saturated rings. The van der Waals surface area contributed by atoms with Crippen molar-refractivity contribution in [3.05, 3.63) is 82.2 Å². The van der Waals surface area contributed by atoms with Gasteiger partial charge in [0.05, 0.1) is 93.2 Å². The molecule has 0 aliphatic carbocycles. The van der Waals surface area contributed by atoms with E-state index in [1.807, 2.05) is 59.0 Å². The summed E-state index contributed by atoms with van der Waals surface area (Å²) in [6.07, 6.45) is 11.4. The van der Waals surface area contributed by atoms with Crippen molar-refractivity contribution in [1.82, 2.24) is 19.7 Å². The number of methoxy groups -OCH3 is 3. The van der Waals surface area contributed by atoms with E-state index in [-0.39, 0.29) is 41.9 Å². The van der Waals surface area contributed by atoms with Crippen LogP contribution in [0.5, 0.6) is 28.7 Å². The van der Waals surface area contributed by atoms with Crippen LogP contribution < -0.4 is 23.7 Å². The third kappa shape index (κ3) is 13.4. The van der Waals surface area contributed by atoms with Crippen LogP contribution in [0.3, 0.4) is 0 Å². The third-order valence-electron chi connectivity index (χ3n) is 12.2. The van der Waals surface area contributed by atoms with E-state index in [0.717, 1.165) is 25.9 Å². The molecule has 4 aliphatic heterocycles. The van der Waals surface area contributed by atoms with E-state index in [4.69, 9.17) is 52.9 Å². The number of rotatable bonds is 25. The average Bonchev–Trinajstić information content (AvgIpc) is 3.92. The molecule has 0 N–H and O–H groups in total. The zero-order valence-corrected chi connectivity index (χ0v) is 42.8. The summed E-state index contributed by atoms with van der Waals surface area (Å²) in [7, 11) is 8.35. The molecule has 0 unspecified atom stereocenters. The van der Waals surface area contributed by atoms with Crippen LogP contribution in [-0.4, -0.2) is 161 Å². The first-order valence-corrected chi connectivity index (χ1v) is 25.9. The summed E-state index contributed by atoms with van der Waals surface area (Å²) in [5, 5.41) is 0. The van der Waals surface area contributed by atoms with Gasteiger partial charge >= 0.3 is 0 Å². The number of benzene rings is 2. The fourth-order valence-electron chi connectivity index (χ4n) is 8.69. The molecule has 2 atom stereocenters. The Morgan fingerprint density at radius 3 is 1.68 bits per heavy atom. The van der Waals surface area contributed by atoms with Crippen LogP contribution in [0, 0.1) is 0 Å². The van der Waals surface area contributed by atoms with E-state index >= 15 is 0 Å². The van der Waals surface area contributed by atoms with Crippen LogP contribution in [0.1, 0.15) is 72.6 Å². The van der Waals surface area contributed by atoms with Crippen molar-refractivity contribution < 1.29 is 47.5 Å². The van der Waals surface area contributed by atoms with E-state index in [2.05, 4.69) is 37.2 Å². The maximum Gasteiger partial charge on any atom is 0.257 e. The van der Waals surface area contributed by atoms with Gasteiger partial charge in [-0.1, -0.05) is 44.9 Å². The van der Waals surface area contributed by atoms with Crippen molar-refractivity contribution in [3.63, 3.8) is 0 Å². The van der Waals surface area contributed by atoms with E-state index < -0.39 is 0 Å². The minimum Gasteiger partial charge on any atom is -0.493 e. The number of allylic oxidation sites excluding steroid dienone is 2. The van der Waals surface area contributed by atoms with Gasteiger partial charge in [0, 0.05) is 81.3 Å². The fraction of sp³-hybridized carbons (Fsp3) is 0.510. The molecular formula is C51H66N6O10S2. The topological polar surface area (TPSA) is 155 Å². The Hall–Kier alpha value is -5.11. The normalized spacial score (nSPS) is 18.6. The number of aromatic nitrogens is 1. The lowest BCUT2D eigenvalue weighted by Gasteiger charge is -2.31. The van der Waals surface area contributed by atoms with Gasteiger partial charge in [-0.2, -0.15) is 0 Å². The summed E-state index contributed by atoms with van der Waals surface area (Å²) in [5.74, 6) is 2.03. The molecule has 4 aliphatic rings. The predicted molar refractivity (Wildman–Crippen MR) is 272 cm³/mol. The number of carbonyl (C=O) groups is 2. The van der Waals surface area contributed by atoms with E-state index in [1.165, 1.54) is 11.1 Å². The van der Waals surface area contributed by atoms with Gasteiger partial charge in [-0.05, 0) is 58.9 Å². The molecule has 2 amide bonds. The number of hydrogen-bond acceptors (Lipinski definition) is 16. The first-order valence-electron chi connectivity index (χ1n) is 23.4.